The lowest BCUT2D eigenvalue weighted by Gasteiger charge is -2.43. The average Bonchev–Trinajstić information content (AvgIpc) is 2.66. The molecule has 1 aliphatic heterocycles. The summed E-state index contributed by atoms with van der Waals surface area (Å²) in [4.78, 5) is 3.49. The van der Waals surface area contributed by atoms with Gasteiger partial charge in [-0.3, -0.25) is 0 Å². The standard InChI is InChI=1S/C21H16F7N3/c22-14-4-1-12(2-5-14)19(9-29-10-19)11-30-17-8-18(21(26,27)28)31-16-6-3-13(7-15(16)17)20(23,24)25/h1-8,29H,9-11H2,(H,30,31). The quantitative estimate of drug-likeness (QED) is 0.533. The number of alkyl halides is 6. The van der Waals surface area contributed by atoms with Gasteiger partial charge in [0.1, 0.15) is 11.5 Å². The molecule has 2 heterocycles. The average molecular weight is 443 g/mol. The van der Waals surface area contributed by atoms with Crippen molar-refractivity contribution in [2.75, 3.05) is 25.0 Å². The smallest absolute Gasteiger partial charge is 0.383 e. The van der Waals surface area contributed by atoms with E-state index in [1.165, 1.54) is 12.1 Å². The van der Waals surface area contributed by atoms with Gasteiger partial charge in [0, 0.05) is 36.1 Å². The van der Waals surface area contributed by atoms with Crippen LogP contribution in [0, 0.1) is 5.82 Å². The number of nitrogens with zero attached hydrogens (tertiary/aromatic N) is 1. The first-order valence-corrected chi connectivity index (χ1v) is 9.28. The van der Waals surface area contributed by atoms with Gasteiger partial charge in [-0.25, -0.2) is 9.37 Å². The number of benzene rings is 2. The molecule has 10 heteroatoms. The minimum atomic E-state index is -4.76. The molecular formula is C21H16F7N3. The van der Waals surface area contributed by atoms with E-state index in [9.17, 15) is 30.7 Å². The third-order valence-electron chi connectivity index (χ3n) is 5.43. The van der Waals surface area contributed by atoms with Crippen molar-refractivity contribution in [3.8, 4) is 0 Å². The van der Waals surface area contributed by atoms with Crippen molar-refractivity contribution >= 4 is 16.6 Å². The van der Waals surface area contributed by atoms with Crippen LogP contribution in [0.3, 0.4) is 0 Å². The van der Waals surface area contributed by atoms with Crippen LogP contribution in [0.25, 0.3) is 10.9 Å². The fourth-order valence-electron chi connectivity index (χ4n) is 3.62. The van der Waals surface area contributed by atoms with Crippen molar-refractivity contribution in [2.45, 2.75) is 17.8 Å². The molecule has 1 aromatic heterocycles. The number of pyridine rings is 1. The number of anilines is 1. The SMILES string of the molecule is Fc1ccc(C2(CNc3cc(C(F)(F)F)nc4ccc(C(F)(F)F)cc34)CNC2)cc1. The molecule has 4 rings (SSSR count). The van der Waals surface area contributed by atoms with Gasteiger partial charge in [0.25, 0.3) is 0 Å². The normalized spacial score (nSPS) is 16.2. The van der Waals surface area contributed by atoms with Crippen LogP contribution in [0.5, 0.6) is 0 Å². The monoisotopic (exact) mass is 443 g/mol. The van der Waals surface area contributed by atoms with Crippen molar-refractivity contribution < 1.29 is 30.7 Å². The second-order valence-corrected chi connectivity index (χ2v) is 7.53. The fourth-order valence-corrected chi connectivity index (χ4v) is 3.62. The summed E-state index contributed by atoms with van der Waals surface area (Å²) in [6.07, 6.45) is -9.42. The highest BCUT2D eigenvalue weighted by Gasteiger charge is 2.39. The van der Waals surface area contributed by atoms with E-state index in [1.807, 2.05) is 0 Å². The molecule has 3 aromatic rings. The van der Waals surface area contributed by atoms with Crippen LogP contribution in [0.2, 0.25) is 0 Å². The molecule has 0 atom stereocenters. The van der Waals surface area contributed by atoms with Crippen molar-refractivity contribution in [2.24, 2.45) is 0 Å². The Morgan fingerprint density at radius 1 is 0.903 bits per heavy atom. The van der Waals surface area contributed by atoms with E-state index in [0.29, 0.717) is 25.2 Å². The number of rotatable bonds is 4. The molecule has 0 unspecified atom stereocenters. The summed E-state index contributed by atoms with van der Waals surface area (Å²) >= 11 is 0. The predicted molar refractivity (Wildman–Crippen MR) is 101 cm³/mol. The Morgan fingerprint density at radius 3 is 2.13 bits per heavy atom. The van der Waals surface area contributed by atoms with Gasteiger partial charge in [-0.15, -0.1) is 0 Å². The first-order chi connectivity index (χ1) is 14.5. The van der Waals surface area contributed by atoms with E-state index in [1.54, 1.807) is 12.1 Å². The van der Waals surface area contributed by atoms with Crippen LogP contribution in [0.15, 0.2) is 48.5 Å². The highest BCUT2D eigenvalue weighted by atomic mass is 19.4. The van der Waals surface area contributed by atoms with Gasteiger partial charge in [-0.1, -0.05) is 12.1 Å². The first-order valence-electron chi connectivity index (χ1n) is 9.28. The molecule has 2 aromatic carbocycles. The summed E-state index contributed by atoms with van der Waals surface area (Å²) < 4.78 is 92.6. The summed E-state index contributed by atoms with van der Waals surface area (Å²) in [5.41, 5.74) is -2.26. The van der Waals surface area contributed by atoms with E-state index in [-0.39, 0.29) is 23.1 Å². The zero-order valence-electron chi connectivity index (χ0n) is 15.8. The molecule has 0 aliphatic carbocycles. The number of nitrogens with one attached hydrogen (secondary N) is 2. The van der Waals surface area contributed by atoms with Gasteiger partial charge < -0.3 is 10.6 Å². The maximum atomic E-state index is 13.3. The first kappa shape index (κ1) is 21.4. The minimum absolute atomic E-state index is 0.0654. The number of hydrogen-bond donors (Lipinski definition) is 2. The van der Waals surface area contributed by atoms with Gasteiger partial charge in [0.2, 0.25) is 0 Å². The van der Waals surface area contributed by atoms with E-state index >= 15 is 0 Å². The summed E-state index contributed by atoms with van der Waals surface area (Å²) in [5.74, 6) is -0.422. The summed E-state index contributed by atoms with van der Waals surface area (Å²) in [7, 11) is 0. The Balaban J connectivity index is 1.74. The van der Waals surface area contributed by atoms with E-state index < -0.39 is 34.8 Å². The molecule has 2 N–H and O–H groups in total. The lowest BCUT2D eigenvalue weighted by Crippen LogP contribution is -2.60. The lowest BCUT2D eigenvalue weighted by atomic mass is 9.75. The van der Waals surface area contributed by atoms with Crippen LogP contribution < -0.4 is 10.6 Å². The third kappa shape index (κ3) is 4.16. The maximum absolute atomic E-state index is 13.3. The maximum Gasteiger partial charge on any atom is 0.433 e. The molecule has 3 nitrogen and oxygen atoms in total. The van der Waals surface area contributed by atoms with Crippen LogP contribution >= 0.6 is 0 Å². The van der Waals surface area contributed by atoms with Crippen molar-refractivity contribution in [1.82, 2.24) is 10.3 Å². The Bertz CT molecular complexity index is 1100. The molecule has 0 radical (unpaired) electrons. The molecule has 0 spiro atoms. The van der Waals surface area contributed by atoms with Crippen molar-refractivity contribution in [3.63, 3.8) is 0 Å². The second-order valence-electron chi connectivity index (χ2n) is 7.53. The topological polar surface area (TPSA) is 37.0 Å². The van der Waals surface area contributed by atoms with Gasteiger partial charge >= 0.3 is 12.4 Å². The summed E-state index contributed by atoms with van der Waals surface area (Å²) in [6, 6.07) is 8.88. The molecule has 31 heavy (non-hydrogen) atoms. The molecule has 0 amide bonds. The van der Waals surface area contributed by atoms with Crippen molar-refractivity contribution in [3.05, 3.63) is 71.2 Å². The van der Waals surface area contributed by atoms with Crippen LogP contribution in [-0.4, -0.2) is 24.6 Å². The molecule has 1 saturated heterocycles. The Labute approximate surface area is 172 Å². The van der Waals surface area contributed by atoms with E-state index in [0.717, 1.165) is 17.7 Å². The van der Waals surface area contributed by atoms with Gasteiger partial charge in [-0.2, -0.15) is 26.3 Å². The largest absolute Gasteiger partial charge is 0.433 e. The third-order valence-corrected chi connectivity index (χ3v) is 5.43. The number of hydrogen-bond acceptors (Lipinski definition) is 3. The number of halogens is 7. The predicted octanol–water partition coefficient (Wildman–Crippen LogP) is 5.36. The van der Waals surface area contributed by atoms with Gasteiger partial charge in [0.05, 0.1) is 11.1 Å². The van der Waals surface area contributed by atoms with Gasteiger partial charge in [-0.05, 0) is 42.0 Å². The second kappa shape index (κ2) is 7.37. The van der Waals surface area contributed by atoms with Crippen LogP contribution in [0.4, 0.5) is 36.4 Å². The molecule has 0 saturated carbocycles. The molecule has 164 valence electrons. The van der Waals surface area contributed by atoms with Gasteiger partial charge in [0.15, 0.2) is 0 Å². The van der Waals surface area contributed by atoms with Crippen LogP contribution in [-0.2, 0) is 17.8 Å². The Morgan fingerprint density at radius 2 is 1.58 bits per heavy atom. The molecule has 1 aliphatic rings. The summed E-state index contributed by atoms with van der Waals surface area (Å²) in [6.45, 7) is 1.10. The Kier molecular flexibility index (Phi) is 5.07. The fraction of sp³-hybridized carbons (Fsp3) is 0.286. The van der Waals surface area contributed by atoms with E-state index in [4.69, 9.17) is 0 Å². The summed E-state index contributed by atoms with van der Waals surface area (Å²) in [5, 5.41) is 5.91. The molecule has 1 fully saturated rings. The Hall–Kier alpha value is -2.88. The zero-order chi connectivity index (χ0) is 22.4. The number of fused-ring (bicyclic) bond motifs is 1. The minimum Gasteiger partial charge on any atom is -0.383 e. The zero-order valence-corrected chi connectivity index (χ0v) is 15.8. The molecular weight excluding hydrogens is 427 g/mol. The van der Waals surface area contributed by atoms with E-state index in [2.05, 4.69) is 15.6 Å². The van der Waals surface area contributed by atoms with Crippen molar-refractivity contribution in [1.29, 1.82) is 0 Å². The number of aromatic nitrogens is 1. The highest BCUT2D eigenvalue weighted by molar-refractivity contribution is 5.92. The van der Waals surface area contributed by atoms with Crippen LogP contribution in [0.1, 0.15) is 16.8 Å². The molecule has 0 bridgehead atoms. The highest BCUT2D eigenvalue weighted by Crippen LogP contribution is 2.37. The lowest BCUT2D eigenvalue weighted by molar-refractivity contribution is -0.141.